The van der Waals surface area contributed by atoms with E-state index in [-0.39, 0.29) is 0 Å². The van der Waals surface area contributed by atoms with Crippen molar-refractivity contribution >= 4 is 16.6 Å². The van der Waals surface area contributed by atoms with Crippen molar-refractivity contribution in [3.8, 4) is 0 Å². The highest BCUT2D eigenvalue weighted by Gasteiger charge is 1.91. The van der Waals surface area contributed by atoms with E-state index in [1.54, 1.807) is 18.3 Å². The normalized spacial score (nSPS) is 10.0. The van der Waals surface area contributed by atoms with Gasteiger partial charge in [0.2, 0.25) is 0 Å². The van der Waals surface area contributed by atoms with Crippen LogP contribution in [0.4, 0.5) is 5.69 Å². The number of rotatable bonds is 1. The predicted molar refractivity (Wildman–Crippen MR) is 47.2 cm³/mol. The average Bonchev–Trinajstić information content (AvgIpc) is 2.17. The Balaban J connectivity index is 2.75. The third kappa shape index (κ3) is 1.05. The van der Waals surface area contributed by atoms with Crippen LogP contribution in [0.25, 0.3) is 16.4 Å². The first-order valence-corrected chi connectivity index (χ1v) is 3.60. The molecule has 2 aromatic rings. The first-order valence-electron chi connectivity index (χ1n) is 3.60. The summed E-state index contributed by atoms with van der Waals surface area (Å²) >= 11 is 0. The lowest BCUT2D eigenvalue weighted by Crippen LogP contribution is -1.75. The van der Waals surface area contributed by atoms with Crippen LogP contribution in [0.1, 0.15) is 0 Å². The van der Waals surface area contributed by atoms with E-state index in [1.165, 1.54) is 0 Å². The number of hydrogen-bond donors (Lipinski definition) is 0. The van der Waals surface area contributed by atoms with Crippen LogP contribution in [-0.4, -0.2) is 4.98 Å². The van der Waals surface area contributed by atoms with E-state index >= 15 is 0 Å². The van der Waals surface area contributed by atoms with Gasteiger partial charge in [-0.15, -0.1) is 0 Å². The molecule has 0 aliphatic carbocycles. The van der Waals surface area contributed by atoms with Gasteiger partial charge in [0.15, 0.2) is 0 Å². The fourth-order valence-corrected chi connectivity index (χ4v) is 1.13. The maximum absolute atomic E-state index is 8.50. The van der Waals surface area contributed by atoms with Crippen LogP contribution in [0.5, 0.6) is 0 Å². The van der Waals surface area contributed by atoms with Crippen LogP contribution in [0, 0.1) is 0 Å². The molecule has 0 spiro atoms. The Kier molecular flexibility index (Phi) is 1.55. The lowest BCUT2D eigenvalue weighted by atomic mass is 10.2. The van der Waals surface area contributed by atoms with Gasteiger partial charge in [0.1, 0.15) is 0 Å². The summed E-state index contributed by atoms with van der Waals surface area (Å²) in [4.78, 5) is 4.13. The second-order valence-electron chi connectivity index (χ2n) is 2.48. The minimum absolute atomic E-state index is 0.551. The molecule has 0 unspecified atom stereocenters. The molecule has 1 aromatic heterocycles. The zero-order chi connectivity index (χ0) is 8.39. The van der Waals surface area contributed by atoms with Crippen LogP contribution in [0.15, 0.2) is 41.6 Å². The Morgan fingerprint density at radius 3 is 3.00 bits per heavy atom. The van der Waals surface area contributed by atoms with E-state index < -0.39 is 0 Å². The van der Waals surface area contributed by atoms with Gasteiger partial charge in [0, 0.05) is 17.3 Å². The number of hydrogen-bond acceptors (Lipinski definition) is 2. The summed E-state index contributed by atoms with van der Waals surface area (Å²) in [5.74, 6) is 0. The van der Waals surface area contributed by atoms with Crippen molar-refractivity contribution in [3.63, 3.8) is 0 Å². The largest absolute Gasteiger partial charge is 0.706 e. The highest BCUT2D eigenvalue weighted by Crippen LogP contribution is 2.18. The molecular weight excluding hydrogens is 150 g/mol. The smallest absolute Gasteiger partial charge is 0.0703 e. The fraction of sp³-hybridized carbons (Fsp3) is 0. The molecule has 0 N–H and O–H groups in total. The number of fused-ring (bicyclic) bond motifs is 1. The second kappa shape index (κ2) is 2.70. The minimum atomic E-state index is 0.551. The molecule has 0 saturated heterocycles. The SMILES string of the molecule is [N-]=Nc1ccc2ncccc2c1. The molecular formula is C9H6N3-. The molecule has 0 radical (unpaired) electrons. The summed E-state index contributed by atoms with van der Waals surface area (Å²) < 4.78 is 0. The molecule has 0 bridgehead atoms. The Hall–Kier alpha value is -1.77. The molecule has 0 aliphatic rings. The summed E-state index contributed by atoms with van der Waals surface area (Å²) in [5.41, 5.74) is 9.96. The Bertz CT molecular complexity index is 423. The Morgan fingerprint density at radius 1 is 1.25 bits per heavy atom. The number of nitrogens with zero attached hydrogens (tertiary/aromatic N) is 3. The molecule has 1 aromatic carbocycles. The van der Waals surface area contributed by atoms with E-state index in [0.717, 1.165) is 10.9 Å². The molecule has 0 atom stereocenters. The predicted octanol–water partition coefficient (Wildman–Crippen LogP) is 2.89. The third-order valence-electron chi connectivity index (χ3n) is 1.70. The zero-order valence-corrected chi connectivity index (χ0v) is 6.31. The van der Waals surface area contributed by atoms with Crippen LogP contribution in [-0.2, 0) is 0 Å². The van der Waals surface area contributed by atoms with Crippen molar-refractivity contribution < 1.29 is 0 Å². The van der Waals surface area contributed by atoms with Crippen molar-refractivity contribution in [2.45, 2.75) is 0 Å². The highest BCUT2D eigenvalue weighted by atomic mass is 15.0. The highest BCUT2D eigenvalue weighted by molar-refractivity contribution is 5.81. The monoisotopic (exact) mass is 156 g/mol. The van der Waals surface area contributed by atoms with Crippen molar-refractivity contribution in [2.24, 2.45) is 5.11 Å². The van der Waals surface area contributed by atoms with Crippen molar-refractivity contribution in [2.75, 3.05) is 0 Å². The summed E-state index contributed by atoms with van der Waals surface area (Å²) in [7, 11) is 0. The van der Waals surface area contributed by atoms with Crippen LogP contribution in [0.3, 0.4) is 0 Å². The molecule has 3 nitrogen and oxygen atoms in total. The van der Waals surface area contributed by atoms with Gasteiger partial charge in [0.25, 0.3) is 0 Å². The van der Waals surface area contributed by atoms with Crippen LogP contribution < -0.4 is 0 Å². The molecule has 3 heteroatoms. The van der Waals surface area contributed by atoms with Crippen molar-refractivity contribution in [3.05, 3.63) is 42.1 Å². The lowest BCUT2D eigenvalue weighted by molar-refractivity contribution is 1.40. The number of aromatic nitrogens is 1. The fourth-order valence-electron chi connectivity index (χ4n) is 1.13. The topological polar surface area (TPSA) is 47.5 Å². The van der Waals surface area contributed by atoms with E-state index in [9.17, 15) is 0 Å². The Morgan fingerprint density at radius 2 is 2.17 bits per heavy atom. The third-order valence-corrected chi connectivity index (χ3v) is 1.70. The number of pyridine rings is 1. The molecule has 0 amide bonds. The van der Waals surface area contributed by atoms with E-state index in [0.29, 0.717) is 5.69 Å². The van der Waals surface area contributed by atoms with E-state index in [2.05, 4.69) is 10.1 Å². The summed E-state index contributed by atoms with van der Waals surface area (Å²) in [5, 5.41) is 4.07. The average molecular weight is 156 g/mol. The second-order valence-corrected chi connectivity index (χ2v) is 2.48. The van der Waals surface area contributed by atoms with E-state index in [4.69, 9.17) is 5.53 Å². The van der Waals surface area contributed by atoms with Crippen LogP contribution in [0.2, 0.25) is 0 Å². The minimum Gasteiger partial charge on any atom is -0.706 e. The van der Waals surface area contributed by atoms with Crippen molar-refractivity contribution in [1.29, 1.82) is 0 Å². The first-order chi connectivity index (χ1) is 5.90. The summed E-state index contributed by atoms with van der Waals surface area (Å²) in [6.45, 7) is 0. The first kappa shape index (κ1) is 6.91. The molecule has 0 saturated carbocycles. The van der Waals surface area contributed by atoms with E-state index in [1.807, 2.05) is 18.2 Å². The Labute approximate surface area is 69.6 Å². The van der Waals surface area contributed by atoms with Gasteiger partial charge in [-0.05, 0) is 24.3 Å². The zero-order valence-electron chi connectivity index (χ0n) is 6.31. The maximum Gasteiger partial charge on any atom is 0.0703 e. The molecule has 0 aliphatic heterocycles. The van der Waals surface area contributed by atoms with Gasteiger partial charge >= 0.3 is 0 Å². The van der Waals surface area contributed by atoms with Gasteiger partial charge in [-0.2, -0.15) is 0 Å². The maximum atomic E-state index is 8.50. The van der Waals surface area contributed by atoms with Gasteiger partial charge in [-0.1, -0.05) is 6.07 Å². The summed E-state index contributed by atoms with van der Waals surface area (Å²) in [6.07, 6.45) is 1.73. The molecule has 0 fully saturated rings. The molecule has 12 heavy (non-hydrogen) atoms. The van der Waals surface area contributed by atoms with Gasteiger partial charge in [0.05, 0.1) is 5.52 Å². The number of benzene rings is 1. The van der Waals surface area contributed by atoms with Crippen molar-refractivity contribution in [1.82, 2.24) is 4.98 Å². The van der Waals surface area contributed by atoms with Gasteiger partial charge < -0.3 is 10.6 Å². The lowest BCUT2D eigenvalue weighted by Gasteiger charge is -1.99. The molecule has 2 rings (SSSR count). The summed E-state index contributed by atoms with van der Waals surface area (Å²) in [6, 6.07) is 9.10. The van der Waals surface area contributed by atoms with Gasteiger partial charge in [-0.3, -0.25) is 4.98 Å². The van der Waals surface area contributed by atoms with Crippen LogP contribution >= 0.6 is 0 Å². The molecule has 58 valence electrons. The standard InChI is InChI=1S/C9H6N3/c10-12-8-3-4-9-7(6-8)2-1-5-11-9/h1-6H/q-1. The van der Waals surface area contributed by atoms with Gasteiger partial charge in [-0.25, -0.2) is 0 Å². The quantitative estimate of drug-likeness (QED) is 0.585. The molecule has 1 heterocycles.